The lowest BCUT2D eigenvalue weighted by molar-refractivity contribution is -0.0508. The standard InChI is InChI=1S/C25H22F2N4OS/c1-25(2,3)23-28-11-14(12-29-23)13-7-8-15-16(9-13)31-17-10-20(22(31)30-15)33-19-6-4-5-18(21(17)19)32-24(26)27/h4-9,11-12,17,20,24H,10H2,1-3H3/t17-,20-/m1/s1. The monoisotopic (exact) mass is 464 g/mol. The molecule has 2 aliphatic heterocycles. The van der Waals surface area contributed by atoms with Crippen LogP contribution in [0.25, 0.3) is 22.2 Å². The number of hydrogen-bond donors (Lipinski definition) is 0. The van der Waals surface area contributed by atoms with E-state index in [4.69, 9.17) is 9.72 Å². The highest BCUT2D eigenvalue weighted by Gasteiger charge is 2.42. The molecule has 4 aromatic rings. The zero-order valence-electron chi connectivity index (χ0n) is 18.4. The molecule has 2 aromatic carbocycles. The molecule has 0 amide bonds. The lowest BCUT2D eigenvalue weighted by Crippen LogP contribution is -2.15. The van der Waals surface area contributed by atoms with Crippen molar-refractivity contribution in [2.45, 2.75) is 55.4 Å². The van der Waals surface area contributed by atoms with Gasteiger partial charge in [-0.25, -0.2) is 15.0 Å². The van der Waals surface area contributed by atoms with E-state index >= 15 is 0 Å². The summed E-state index contributed by atoms with van der Waals surface area (Å²) in [7, 11) is 0. The number of nitrogens with zero attached hydrogens (tertiary/aromatic N) is 4. The molecule has 5 nitrogen and oxygen atoms in total. The molecule has 2 aromatic heterocycles. The Morgan fingerprint density at radius 2 is 1.88 bits per heavy atom. The van der Waals surface area contributed by atoms with E-state index in [0.717, 1.165) is 50.7 Å². The van der Waals surface area contributed by atoms with Crippen molar-refractivity contribution in [3.8, 4) is 16.9 Å². The molecule has 2 bridgehead atoms. The van der Waals surface area contributed by atoms with E-state index in [-0.39, 0.29) is 22.5 Å². The van der Waals surface area contributed by atoms with E-state index in [1.807, 2.05) is 30.6 Å². The van der Waals surface area contributed by atoms with E-state index < -0.39 is 6.61 Å². The molecule has 0 saturated heterocycles. The van der Waals surface area contributed by atoms with E-state index in [2.05, 4.69) is 41.4 Å². The molecule has 168 valence electrons. The van der Waals surface area contributed by atoms with Gasteiger partial charge in [0.15, 0.2) is 0 Å². The van der Waals surface area contributed by atoms with Crippen LogP contribution in [0.2, 0.25) is 0 Å². The molecular weight excluding hydrogens is 442 g/mol. The van der Waals surface area contributed by atoms with Crippen LogP contribution in [0.4, 0.5) is 8.78 Å². The zero-order chi connectivity index (χ0) is 22.9. The normalized spacial score (nSPS) is 19.1. The van der Waals surface area contributed by atoms with Crippen molar-refractivity contribution in [2.75, 3.05) is 0 Å². The molecule has 6 rings (SSSR count). The fraction of sp³-hybridized carbons (Fsp3) is 0.320. The maximum Gasteiger partial charge on any atom is 0.387 e. The average molecular weight is 465 g/mol. The predicted molar refractivity (Wildman–Crippen MR) is 124 cm³/mol. The first-order valence-corrected chi connectivity index (χ1v) is 11.8. The Hall–Kier alpha value is -3.00. The number of rotatable bonds is 3. The van der Waals surface area contributed by atoms with Gasteiger partial charge >= 0.3 is 6.61 Å². The summed E-state index contributed by atoms with van der Waals surface area (Å²) in [6.07, 6.45) is 4.52. The Morgan fingerprint density at radius 1 is 1.09 bits per heavy atom. The Morgan fingerprint density at radius 3 is 2.61 bits per heavy atom. The van der Waals surface area contributed by atoms with Crippen molar-refractivity contribution in [1.29, 1.82) is 0 Å². The second kappa shape index (κ2) is 7.25. The summed E-state index contributed by atoms with van der Waals surface area (Å²) >= 11 is 1.67. The Balaban J connectivity index is 1.46. The van der Waals surface area contributed by atoms with Gasteiger partial charge < -0.3 is 9.30 Å². The highest BCUT2D eigenvalue weighted by Crippen LogP contribution is 2.58. The first-order valence-electron chi connectivity index (χ1n) is 10.9. The van der Waals surface area contributed by atoms with Crippen LogP contribution < -0.4 is 4.74 Å². The lowest BCUT2D eigenvalue weighted by atomic mass is 9.95. The summed E-state index contributed by atoms with van der Waals surface area (Å²) in [5, 5.41) is 0.189. The molecular formula is C25H22F2N4OS. The van der Waals surface area contributed by atoms with E-state index in [9.17, 15) is 8.78 Å². The van der Waals surface area contributed by atoms with Gasteiger partial charge in [-0.05, 0) is 36.2 Å². The summed E-state index contributed by atoms with van der Waals surface area (Å²) in [5.74, 6) is 2.03. The quantitative estimate of drug-likeness (QED) is 0.345. The zero-order valence-corrected chi connectivity index (χ0v) is 19.2. The highest BCUT2D eigenvalue weighted by molar-refractivity contribution is 7.99. The lowest BCUT2D eigenvalue weighted by Gasteiger charge is -2.25. The molecule has 8 heteroatoms. The minimum atomic E-state index is -2.86. The van der Waals surface area contributed by atoms with Crippen LogP contribution in [-0.4, -0.2) is 26.1 Å². The Kier molecular flexibility index (Phi) is 4.52. The molecule has 0 fully saturated rings. The van der Waals surface area contributed by atoms with Gasteiger partial charge in [0, 0.05) is 33.8 Å². The number of imidazole rings is 1. The van der Waals surface area contributed by atoms with Crippen molar-refractivity contribution in [3.05, 3.63) is 66.0 Å². The topological polar surface area (TPSA) is 52.8 Å². The van der Waals surface area contributed by atoms with Gasteiger partial charge in [0.05, 0.1) is 22.3 Å². The summed E-state index contributed by atoms with van der Waals surface area (Å²) in [4.78, 5) is 15.0. The van der Waals surface area contributed by atoms with Crippen LogP contribution in [0.1, 0.15) is 55.7 Å². The summed E-state index contributed by atoms with van der Waals surface area (Å²) in [6, 6.07) is 11.4. The number of benzene rings is 2. The fourth-order valence-corrected chi connectivity index (χ4v) is 6.16. The van der Waals surface area contributed by atoms with Gasteiger partial charge in [0.25, 0.3) is 0 Å². The molecule has 0 saturated carbocycles. The van der Waals surface area contributed by atoms with Crippen LogP contribution in [0.3, 0.4) is 0 Å². The second-order valence-corrected chi connectivity index (χ2v) is 10.7. The minimum Gasteiger partial charge on any atom is -0.434 e. The van der Waals surface area contributed by atoms with Gasteiger partial charge in [-0.3, -0.25) is 0 Å². The summed E-state index contributed by atoms with van der Waals surface area (Å²) in [5.41, 5.74) is 4.51. The number of fused-ring (bicyclic) bond motifs is 9. The van der Waals surface area contributed by atoms with E-state index in [0.29, 0.717) is 0 Å². The van der Waals surface area contributed by atoms with Crippen molar-refractivity contribution in [2.24, 2.45) is 0 Å². The molecule has 0 aliphatic carbocycles. The van der Waals surface area contributed by atoms with Crippen molar-refractivity contribution in [1.82, 2.24) is 19.5 Å². The largest absolute Gasteiger partial charge is 0.434 e. The molecule has 4 heterocycles. The van der Waals surface area contributed by atoms with Crippen LogP contribution in [0, 0.1) is 0 Å². The number of hydrogen-bond acceptors (Lipinski definition) is 5. The van der Waals surface area contributed by atoms with Crippen LogP contribution in [0.5, 0.6) is 5.75 Å². The molecule has 33 heavy (non-hydrogen) atoms. The molecule has 0 radical (unpaired) electrons. The van der Waals surface area contributed by atoms with Gasteiger partial charge in [-0.2, -0.15) is 8.78 Å². The first-order chi connectivity index (χ1) is 15.8. The van der Waals surface area contributed by atoms with Crippen LogP contribution >= 0.6 is 11.8 Å². The van der Waals surface area contributed by atoms with Gasteiger partial charge in [-0.15, -0.1) is 11.8 Å². The third kappa shape index (κ3) is 3.30. The SMILES string of the molecule is CC(C)(C)c1ncc(-c2ccc3nc4n(c3c2)[C@@H]2C[C@H]4Sc3cccc(OC(F)F)c32)cn1. The molecule has 0 spiro atoms. The first kappa shape index (κ1) is 20.6. The Labute approximate surface area is 194 Å². The maximum absolute atomic E-state index is 13.1. The summed E-state index contributed by atoms with van der Waals surface area (Å²) < 4.78 is 33.3. The predicted octanol–water partition coefficient (Wildman–Crippen LogP) is 6.53. The second-order valence-electron chi connectivity index (χ2n) is 9.49. The average Bonchev–Trinajstić information content (AvgIpc) is 3.28. The van der Waals surface area contributed by atoms with E-state index in [1.54, 1.807) is 23.9 Å². The van der Waals surface area contributed by atoms with Crippen molar-refractivity contribution >= 4 is 22.8 Å². The number of aromatic nitrogens is 4. The number of halogens is 2. The molecule has 2 aliphatic rings. The van der Waals surface area contributed by atoms with Gasteiger partial charge in [0.1, 0.15) is 17.4 Å². The smallest absolute Gasteiger partial charge is 0.387 e. The number of alkyl halides is 2. The van der Waals surface area contributed by atoms with Crippen molar-refractivity contribution in [3.63, 3.8) is 0 Å². The van der Waals surface area contributed by atoms with Gasteiger partial charge in [0.2, 0.25) is 0 Å². The fourth-order valence-electron chi connectivity index (χ4n) is 4.78. The van der Waals surface area contributed by atoms with Crippen LogP contribution in [-0.2, 0) is 5.41 Å². The number of ether oxygens (including phenoxy) is 1. The Bertz CT molecular complexity index is 1380. The minimum absolute atomic E-state index is 0.0871. The number of thioether (sulfide) groups is 1. The molecule has 0 unspecified atom stereocenters. The third-order valence-electron chi connectivity index (χ3n) is 6.25. The third-order valence-corrected chi connectivity index (χ3v) is 7.55. The van der Waals surface area contributed by atoms with Crippen molar-refractivity contribution < 1.29 is 13.5 Å². The van der Waals surface area contributed by atoms with Crippen LogP contribution in [0.15, 0.2) is 53.7 Å². The summed E-state index contributed by atoms with van der Waals surface area (Å²) in [6.45, 7) is 3.40. The molecule has 2 atom stereocenters. The van der Waals surface area contributed by atoms with Gasteiger partial charge in [-0.1, -0.05) is 32.9 Å². The van der Waals surface area contributed by atoms with E-state index in [1.165, 1.54) is 0 Å². The maximum atomic E-state index is 13.1. The highest BCUT2D eigenvalue weighted by atomic mass is 32.2. The molecule has 0 N–H and O–H groups in total.